The Morgan fingerprint density at radius 3 is 2.96 bits per heavy atom. The molecule has 2 aliphatic heterocycles. The van der Waals surface area contributed by atoms with E-state index >= 15 is 0 Å². The van der Waals surface area contributed by atoms with Gasteiger partial charge in [0.2, 0.25) is 5.91 Å². The Bertz CT molecular complexity index is 775. The predicted octanol–water partition coefficient (Wildman–Crippen LogP) is 0.324. The van der Waals surface area contributed by atoms with Gasteiger partial charge in [-0.15, -0.1) is 0 Å². The minimum Gasteiger partial charge on any atom is -0.337 e. The molecule has 1 fully saturated rings. The van der Waals surface area contributed by atoms with Gasteiger partial charge in [0.1, 0.15) is 11.9 Å². The van der Waals surface area contributed by atoms with Gasteiger partial charge >= 0.3 is 0 Å². The number of rotatable bonds is 4. The van der Waals surface area contributed by atoms with Gasteiger partial charge in [-0.05, 0) is 38.9 Å². The van der Waals surface area contributed by atoms with Gasteiger partial charge in [-0.3, -0.25) is 14.5 Å². The Morgan fingerprint density at radius 1 is 1.46 bits per heavy atom. The summed E-state index contributed by atoms with van der Waals surface area (Å²) in [6, 6.07) is 6.21. The van der Waals surface area contributed by atoms with E-state index in [1.807, 2.05) is 11.9 Å². The number of likely N-dealkylation sites (tertiary alicyclic amines) is 1. The largest absolute Gasteiger partial charge is 0.337 e. The summed E-state index contributed by atoms with van der Waals surface area (Å²) in [7, 11) is -1.71. The summed E-state index contributed by atoms with van der Waals surface area (Å²) in [4.78, 5) is 19.1. The number of carbonyl (C=O) groups excluding carboxylic acids is 1. The Hall–Kier alpha value is -1.93. The molecule has 8 heteroatoms. The molecule has 0 aliphatic carbocycles. The van der Waals surface area contributed by atoms with Crippen LogP contribution >= 0.6 is 0 Å². The van der Waals surface area contributed by atoms with E-state index in [0.29, 0.717) is 5.56 Å². The van der Waals surface area contributed by atoms with Gasteiger partial charge in [-0.2, -0.15) is 0 Å². The number of nitrogens with one attached hydrogen (secondary N) is 2. The van der Waals surface area contributed by atoms with Crippen LogP contribution in [0.2, 0.25) is 0 Å². The highest BCUT2D eigenvalue weighted by atomic mass is 32.2. The molecule has 2 N–H and O–H groups in total. The summed E-state index contributed by atoms with van der Waals surface area (Å²) in [5.74, 6) is 0.180. The number of nitrogens with zero attached hydrogens (tertiary/aromatic N) is 2. The van der Waals surface area contributed by atoms with Crippen LogP contribution in [-0.4, -0.2) is 57.3 Å². The van der Waals surface area contributed by atoms with Gasteiger partial charge < -0.3 is 10.2 Å². The monoisotopic (exact) mass is 350 g/mol. The summed E-state index contributed by atoms with van der Waals surface area (Å²) in [5, 5.41) is 3.11. The highest BCUT2D eigenvalue weighted by molar-refractivity contribution is 7.90. The molecule has 2 heterocycles. The first-order valence-corrected chi connectivity index (χ1v) is 9.57. The molecule has 1 aromatic rings. The van der Waals surface area contributed by atoms with Gasteiger partial charge in [0.05, 0.1) is 4.90 Å². The fourth-order valence-electron chi connectivity index (χ4n) is 3.29. The third-order valence-corrected chi connectivity index (χ3v) is 5.84. The first-order chi connectivity index (χ1) is 11.4. The second kappa shape index (κ2) is 6.52. The molecule has 0 bridgehead atoms. The average molecular weight is 350 g/mol. The maximum atomic E-state index is 12.7. The Balaban J connectivity index is 1.83. The van der Waals surface area contributed by atoms with E-state index in [4.69, 9.17) is 0 Å². The number of amides is 1. The van der Waals surface area contributed by atoms with Crippen molar-refractivity contribution in [1.29, 1.82) is 0 Å². The Labute approximate surface area is 142 Å². The second-order valence-electron chi connectivity index (χ2n) is 6.14. The minimum atomic E-state index is -3.58. The maximum Gasteiger partial charge on any atom is 0.263 e. The Kier molecular flexibility index (Phi) is 4.60. The van der Waals surface area contributed by atoms with E-state index in [9.17, 15) is 13.2 Å². The van der Waals surface area contributed by atoms with Crippen LogP contribution in [0.15, 0.2) is 34.2 Å². The van der Waals surface area contributed by atoms with E-state index in [1.165, 1.54) is 6.07 Å². The van der Waals surface area contributed by atoms with Crippen LogP contribution in [0.1, 0.15) is 25.3 Å². The highest BCUT2D eigenvalue weighted by Gasteiger charge is 2.34. The summed E-state index contributed by atoms with van der Waals surface area (Å²) >= 11 is 0. The molecule has 24 heavy (non-hydrogen) atoms. The van der Waals surface area contributed by atoms with Crippen molar-refractivity contribution >= 4 is 21.8 Å². The zero-order chi connectivity index (χ0) is 17.3. The molecular formula is C16H22N4O3S. The summed E-state index contributed by atoms with van der Waals surface area (Å²) < 4.78 is 26.7. The van der Waals surface area contributed by atoms with Crippen LogP contribution in [0.4, 0.5) is 0 Å². The van der Waals surface area contributed by atoms with Crippen LogP contribution in [0.3, 0.4) is 0 Å². The fourth-order valence-corrected chi connectivity index (χ4v) is 4.53. The van der Waals surface area contributed by atoms with Crippen molar-refractivity contribution in [3.05, 3.63) is 29.8 Å². The van der Waals surface area contributed by atoms with E-state index < -0.39 is 16.1 Å². The standard InChI is InChI=1S/C16H22N4O3S/c1-11(16(21)20-9-5-6-12(20)10-17-2)18-15-13-7-3-4-8-14(13)24(22,23)19-15/h3-4,7-8,11-12,17H,5-6,9-10H2,1-2H3,(H,18,19). The lowest BCUT2D eigenvalue weighted by Crippen LogP contribution is -2.44. The predicted molar refractivity (Wildman–Crippen MR) is 91.4 cm³/mol. The van der Waals surface area contributed by atoms with E-state index in [2.05, 4.69) is 15.0 Å². The molecule has 3 rings (SSSR count). The van der Waals surface area contributed by atoms with Gasteiger partial charge in [0.25, 0.3) is 10.0 Å². The minimum absolute atomic E-state index is 0.0659. The number of hydrogen-bond donors (Lipinski definition) is 2. The van der Waals surface area contributed by atoms with Crippen molar-refractivity contribution in [1.82, 2.24) is 14.9 Å². The number of hydrogen-bond acceptors (Lipinski definition) is 5. The lowest BCUT2D eigenvalue weighted by atomic mass is 10.2. The molecule has 1 aromatic carbocycles. The molecule has 0 spiro atoms. The quantitative estimate of drug-likeness (QED) is 0.818. The Morgan fingerprint density at radius 2 is 2.21 bits per heavy atom. The van der Waals surface area contributed by atoms with Crippen molar-refractivity contribution in [2.45, 2.75) is 36.7 Å². The number of sulfonamides is 1. The maximum absolute atomic E-state index is 12.7. The van der Waals surface area contributed by atoms with Crippen LogP contribution in [0.25, 0.3) is 0 Å². The number of benzene rings is 1. The summed E-state index contributed by atoms with van der Waals surface area (Å²) in [6.45, 7) is 3.19. The van der Waals surface area contributed by atoms with Crippen molar-refractivity contribution in [2.75, 3.05) is 20.1 Å². The molecule has 2 atom stereocenters. The molecule has 0 saturated carbocycles. The molecule has 2 aliphatic rings. The summed E-state index contributed by atoms with van der Waals surface area (Å²) in [6.07, 6.45) is 1.96. The van der Waals surface area contributed by atoms with E-state index in [0.717, 1.165) is 25.9 Å². The number of likely N-dealkylation sites (N-methyl/N-ethyl adjacent to an activating group) is 1. The van der Waals surface area contributed by atoms with E-state index in [-0.39, 0.29) is 22.7 Å². The average Bonchev–Trinajstić information content (AvgIpc) is 3.11. The number of amidine groups is 1. The molecule has 1 saturated heterocycles. The smallest absolute Gasteiger partial charge is 0.263 e. The highest BCUT2D eigenvalue weighted by Crippen LogP contribution is 2.23. The topological polar surface area (TPSA) is 90.9 Å². The van der Waals surface area contributed by atoms with Crippen molar-refractivity contribution < 1.29 is 13.2 Å². The molecule has 0 aromatic heterocycles. The molecule has 7 nitrogen and oxygen atoms in total. The first-order valence-electron chi connectivity index (χ1n) is 8.09. The summed E-state index contributed by atoms with van der Waals surface area (Å²) in [5.41, 5.74) is 0.519. The third kappa shape index (κ3) is 3.03. The number of carbonyl (C=O) groups is 1. The lowest BCUT2D eigenvalue weighted by Gasteiger charge is -2.26. The first kappa shape index (κ1) is 16.9. The van der Waals surface area contributed by atoms with Crippen LogP contribution < -0.4 is 10.0 Å². The van der Waals surface area contributed by atoms with Crippen LogP contribution in [0, 0.1) is 0 Å². The molecule has 1 amide bonds. The zero-order valence-electron chi connectivity index (χ0n) is 13.8. The van der Waals surface area contributed by atoms with Crippen molar-refractivity contribution in [2.24, 2.45) is 4.99 Å². The molecule has 2 unspecified atom stereocenters. The number of fused-ring (bicyclic) bond motifs is 1. The van der Waals surface area contributed by atoms with Gasteiger partial charge in [0.15, 0.2) is 0 Å². The molecular weight excluding hydrogens is 328 g/mol. The van der Waals surface area contributed by atoms with Gasteiger partial charge in [-0.1, -0.05) is 12.1 Å². The lowest BCUT2D eigenvalue weighted by molar-refractivity contribution is -0.132. The van der Waals surface area contributed by atoms with Gasteiger partial charge in [0, 0.05) is 24.7 Å². The fraction of sp³-hybridized carbons (Fsp3) is 0.500. The normalized spacial score (nSPS) is 24.7. The van der Waals surface area contributed by atoms with E-state index in [1.54, 1.807) is 25.1 Å². The third-order valence-electron chi connectivity index (χ3n) is 4.44. The SMILES string of the molecule is CNCC1CCCN1C(=O)C(C)N=C1NS(=O)(=O)c2ccccc21. The van der Waals surface area contributed by atoms with Crippen molar-refractivity contribution in [3.63, 3.8) is 0 Å². The van der Waals surface area contributed by atoms with Crippen LogP contribution in [-0.2, 0) is 14.8 Å². The van der Waals surface area contributed by atoms with Gasteiger partial charge in [-0.25, -0.2) is 8.42 Å². The second-order valence-corrected chi connectivity index (χ2v) is 7.79. The molecule has 130 valence electrons. The zero-order valence-corrected chi connectivity index (χ0v) is 14.6. The molecule has 0 radical (unpaired) electrons. The van der Waals surface area contributed by atoms with Crippen LogP contribution in [0.5, 0.6) is 0 Å². The number of aliphatic imine (C=N–C) groups is 1. The van der Waals surface area contributed by atoms with Crippen molar-refractivity contribution in [3.8, 4) is 0 Å².